The highest BCUT2D eigenvalue weighted by Crippen LogP contribution is 2.22. The Kier molecular flexibility index (Phi) is 3.69. The van der Waals surface area contributed by atoms with E-state index in [4.69, 9.17) is 0 Å². The molecule has 2 aromatic heterocycles. The lowest BCUT2D eigenvalue weighted by Crippen LogP contribution is -1.99. The molecule has 0 amide bonds. The number of rotatable bonds is 4. The first-order valence-electron chi connectivity index (χ1n) is 6.16. The van der Waals surface area contributed by atoms with Gasteiger partial charge in [0.05, 0.1) is 24.1 Å². The minimum Gasteiger partial charge on any atom is -0.377 e. The number of benzene rings is 1. The minimum atomic E-state index is -0.476. The smallest absolute Gasteiger partial charge is 0.212 e. The molecule has 0 atom stereocenters. The second-order valence-corrected chi connectivity index (χ2v) is 5.16. The summed E-state index contributed by atoms with van der Waals surface area (Å²) >= 11 is 1.60. The molecule has 3 nitrogen and oxygen atoms in total. The predicted molar refractivity (Wildman–Crippen MR) is 79.1 cm³/mol. The lowest BCUT2D eigenvalue weighted by atomic mass is 10.2. The van der Waals surface area contributed by atoms with E-state index in [0.29, 0.717) is 6.54 Å². The van der Waals surface area contributed by atoms with E-state index in [1.807, 2.05) is 35.7 Å². The van der Waals surface area contributed by atoms with Crippen LogP contribution in [0.2, 0.25) is 0 Å². The third-order valence-corrected chi connectivity index (χ3v) is 3.64. The molecular weight excluding hydrogens is 273 g/mol. The Morgan fingerprint density at radius 3 is 2.70 bits per heavy atom. The molecule has 3 rings (SSSR count). The summed E-state index contributed by atoms with van der Waals surface area (Å²) in [6.45, 7) is 0.602. The van der Waals surface area contributed by atoms with E-state index in [0.717, 1.165) is 22.0 Å². The fourth-order valence-corrected chi connectivity index (χ4v) is 2.53. The van der Waals surface area contributed by atoms with E-state index in [9.17, 15) is 4.39 Å². The average molecular weight is 285 g/mol. The molecule has 0 aliphatic heterocycles. The number of hydrogen-bond acceptors (Lipinski definition) is 4. The Hall–Kier alpha value is -2.27. The summed E-state index contributed by atoms with van der Waals surface area (Å²) in [5.74, 6) is -0.476. The van der Waals surface area contributed by atoms with E-state index in [1.54, 1.807) is 17.4 Å². The molecule has 5 heteroatoms. The highest BCUT2D eigenvalue weighted by atomic mass is 32.1. The third kappa shape index (κ3) is 3.00. The zero-order valence-electron chi connectivity index (χ0n) is 10.6. The van der Waals surface area contributed by atoms with Crippen LogP contribution in [0.15, 0.2) is 54.0 Å². The maximum Gasteiger partial charge on any atom is 0.212 e. The molecule has 1 aromatic carbocycles. The van der Waals surface area contributed by atoms with Crippen LogP contribution in [0.5, 0.6) is 0 Å². The van der Waals surface area contributed by atoms with Crippen LogP contribution in [-0.2, 0) is 6.54 Å². The topological polar surface area (TPSA) is 37.8 Å². The lowest BCUT2D eigenvalue weighted by Gasteiger charge is -2.02. The van der Waals surface area contributed by atoms with Crippen LogP contribution in [0.1, 0.15) is 5.01 Å². The summed E-state index contributed by atoms with van der Waals surface area (Å²) in [4.78, 5) is 8.17. The van der Waals surface area contributed by atoms with Crippen LogP contribution in [0, 0.1) is 5.95 Å². The van der Waals surface area contributed by atoms with Gasteiger partial charge in [-0.05, 0) is 12.1 Å². The first-order chi connectivity index (χ1) is 9.81. The van der Waals surface area contributed by atoms with E-state index in [2.05, 4.69) is 15.3 Å². The normalized spacial score (nSPS) is 10.4. The largest absolute Gasteiger partial charge is 0.377 e. The van der Waals surface area contributed by atoms with Gasteiger partial charge in [0.2, 0.25) is 5.95 Å². The number of hydrogen-bond donors (Lipinski definition) is 1. The van der Waals surface area contributed by atoms with Crippen LogP contribution in [0.4, 0.5) is 10.1 Å². The number of pyridine rings is 1. The van der Waals surface area contributed by atoms with Crippen LogP contribution >= 0.6 is 11.3 Å². The van der Waals surface area contributed by atoms with Gasteiger partial charge in [0.15, 0.2) is 0 Å². The second-order valence-electron chi connectivity index (χ2n) is 4.22. The molecule has 0 fully saturated rings. The number of halogens is 1. The summed E-state index contributed by atoms with van der Waals surface area (Å²) in [5, 5.41) is 6.19. The minimum absolute atomic E-state index is 0.476. The van der Waals surface area contributed by atoms with Crippen molar-refractivity contribution in [1.29, 1.82) is 0 Å². The Morgan fingerprint density at radius 1 is 1.10 bits per heavy atom. The number of nitrogens with one attached hydrogen (secondary N) is 1. The van der Waals surface area contributed by atoms with Crippen LogP contribution in [0.25, 0.3) is 11.3 Å². The highest BCUT2D eigenvalue weighted by molar-refractivity contribution is 7.09. The number of thiazole rings is 1. The van der Waals surface area contributed by atoms with Gasteiger partial charge in [-0.2, -0.15) is 4.39 Å². The van der Waals surface area contributed by atoms with Gasteiger partial charge >= 0.3 is 0 Å². The zero-order valence-corrected chi connectivity index (χ0v) is 11.4. The number of anilines is 1. The monoisotopic (exact) mass is 285 g/mol. The molecule has 0 aliphatic carbocycles. The third-order valence-electron chi connectivity index (χ3n) is 2.79. The van der Waals surface area contributed by atoms with Gasteiger partial charge in [-0.1, -0.05) is 30.3 Å². The molecule has 0 saturated carbocycles. The Bertz CT molecular complexity index is 680. The van der Waals surface area contributed by atoms with Crippen molar-refractivity contribution in [2.75, 3.05) is 5.32 Å². The second kappa shape index (κ2) is 5.79. The molecule has 0 radical (unpaired) electrons. The molecule has 0 aliphatic rings. The standard InChI is InChI=1S/C15H12FN3S/c16-14-7-6-12(8-18-14)17-9-15-19-13(10-20-15)11-4-2-1-3-5-11/h1-8,10,17H,9H2. The van der Waals surface area contributed by atoms with E-state index in [-0.39, 0.29) is 0 Å². The fraction of sp³-hybridized carbons (Fsp3) is 0.0667. The maximum atomic E-state index is 12.7. The van der Waals surface area contributed by atoms with Crippen molar-refractivity contribution in [2.45, 2.75) is 6.54 Å². The molecule has 0 unspecified atom stereocenters. The lowest BCUT2D eigenvalue weighted by molar-refractivity contribution is 0.584. The van der Waals surface area contributed by atoms with Crippen molar-refractivity contribution >= 4 is 17.0 Å². The zero-order chi connectivity index (χ0) is 13.8. The molecule has 0 saturated heterocycles. The quantitative estimate of drug-likeness (QED) is 0.737. The predicted octanol–water partition coefficient (Wildman–Crippen LogP) is 3.96. The van der Waals surface area contributed by atoms with E-state index >= 15 is 0 Å². The Labute approximate surface area is 120 Å². The summed E-state index contributed by atoms with van der Waals surface area (Å²) in [5.41, 5.74) is 2.87. The van der Waals surface area contributed by atoms with Gasteiger partial charge in [-0.25, -0.2) is 9.97 Å². The average Bonchev–Trinajstić information content (AvgIpc) is 2.97. The summed E-state index contributed by atoms with van der Waals surface area (Å²) in [6.07, 6.45) is 1.47. The van der Waals surface area contributed by atoms with Gasteiger partial charge < -0.3 is 5.32 Å². The van der Waals surface area contributed by atoms with Gasteiger partial charge in [0.25, 0.3) is 0 Å². The van der Waals surface area contributed by atoms with Crippen molar-refractivity contribution in [3.05, 3.63) is 65.0 Å². The van der Waals surface area contributed by atoms with Crippen molar-refractivity contribution in [2.24, 2.45) is 0 Å². The van der Waals surface area contributed by atoms with Crippen LogP contribution in [0.3, 0.4) is 0 Å². The Balaban J connectivity index is 1.67. The molecule has 1 N–H and O–H groups in total. The molecule has 20 heavy (non-hydrogen) atoms. The SMILES string of the molecule is Fc1ccc(NCc2nc(-c3ccccc3)cs2)cn1. The van der Waals surface area contributed by atoms with Crippen molar-refractivity contribution in [3.63, 3.8) is 0 Å². The first kappa shape index (κ1) is 12.7. The van der Waals surface area contributed by atoms with Crippen molar-refractivity contribution in [3.8, 4) is 11.3 Å². The van der Waals surface area contributed by atoms with Crippen LogP contribution < -0.4 is 5.32 Å². The van der Waals surface area contributed by atoms with Gasteiger partial charge in [0, 0.05) is 10.9 Å². The van der Waals surface area contributed by atoms with Gasteiger partial charge in [-0.3, -0.25) is 0 Å². The summed E-state index contributed by atoms with van der Waals surface area (Å²) < 4.78 is 12.7. The number of aromatic nitrogens is 2. The molecule has 100 valence electrons. The summed E-state index contributed by atoms with van der Waals surface area (Å²) in [7, 11) is 0. The van der Waals surface area contributed by atoms with E-state index < -0.39 is 5.95 Å². The van der Waals surface area contributed by atoms with Gasteiger partial charge in [0.1, 0.15) is 5.01 Å². The van der Waals surface area contributed by atoms with Crippen LogP contribution in [-0.4, -0.2) is 9.97 Å². The summed E-state index contributed by atoms with van der Waals surface area (Å²) in [6, 6.07) is 13.0. The molecular formula is C15H12FN3S. The van der Waals surface area contributed by atoms with Gasteiger partial charge in [-0.15, -0.1) is 11.3 Å². The molecule has 3 aromatic rings. The first-order valence-corrected chi connectivity index (χ1v) is 7.04. The fourth-order valence-electron chi connectivity index (χ4n) is 1.79. The maximum absolute atomic E-state index is 12.7. The molecule has 0 spiro atoms. The Morgan fingerprint density at radius 2 is 1.95 bits per heavy atom. The highest BCUT2D eigenvalue weighted by Gasteiger charge is 2.04. The van der Waals surface area contributed by atoms with Crippen molar-refractivity contribution in [1.82, 2.24) is 9.97 Å². The van der Waals surface area contributed by atoms with E-state index in [1.165, 1.54) is 12.3 Å². The molecule has 2 heterocycles. The molecule has 0 bridgehead atoms. The van der Waals surface area contributed by atoms with Crippen molar-refractivity contribution < 1.29 is 4.39 Å². The number of nitrogens with zero attached hydrogens (tertiary/aromatic N) is 2.